The Morgan fingerprint density at radius 2 is 1.68 bits per heavy atom. The summed E-state index contributed by atoms with van der Waals surface area (Å²) in [5, 5.41) is 14.6. The van der Waals surface area contributed by atoms with Gasteiger partial charge in [0.1, 0.15) is 0 Å². The topological polar surface area (TPSA) is 95.5 Å². The van der Waals surface area contributed by atoms with Crippen molar-refractivity contribution in [1.29, 1.82) is 0 Å². The van der Waals surface area contributed by atoms with Gasteiger partial charge in [-0.25, -0.2) is 4.79 Å². The summed E-state index contributed by atoms with van der Waals surface area (Å²) >= 11 is 1.42. The Kier molecular flexibility index (Phi) is 8.12. The Labute approximate surface area is 186 Å². The Balaban J connectivity index is 1.62. The van der Waals surface area contributed by atoms with Crippen molar-refractivity contribution in [1.82, 2.24) is 0 Å². The summed E-state index contributed by atoms with van der Waals surface area (Å²) in [7, 11) is 0. The van der Waals surface area contributed by atoms with E-state index in [4.69, 9.17) is 5.11 Å². The van der Waals surface area contributed by atoms with Crippen molar-refractivity contribution >= 4 is 40.9 Å². The first-order valence-electron chi connectivity index (χ1n) is 10.7. The van der Waals surface area contributed by atoms with Crippen LogP contribution < -0.4 is 10.6 Å². The largest absolute Gasteiger partial charge is 0.478 e. The van der Waals surface area contributed by atoms with Crippen LogP contribution in [0, 0.1) is 5.92 Å². The molecule has 0 aliphatic heterocycles. The van der Waals surface area contributed by atoms with Gasteiger partial charge < -0.3 is 15.7 Å². The van der Waals surface area contributed by atoms with E-state index in [9.17, 15) is 14.4 Å². The van der Waals surface area contributed by atoms with Gasteiger partial charge in [-0.2, -0.15) is 0 Å². The van der Waals surface area contributed by atoms with E-state index < -0.39 is 5.97 Å². The van der Waals surface area contributed by atoms with Crippen LogP contribution in [-0.2, 0) is 9.59 Å². The fourth-order valence-corrected chi connectivity index (χ4v) is 4.71. The number of rotatable bonds is 8. The van der Waals surface area contributed by atoms with Gasteiger partial charge in [0.2, 0.25) is 11.8 Å². The van der Waals surface area contributed by atoms with Crippen molar-refractivity contribution < 1.29 is 19.5 Å². The average Bonchev–Trinajstić information content (AvgIpc) is 2.78. The molecule has 7 heteroatoms. The van der Waals surface area contributed by atoms with E-state index in [0.717, 1.165) is 36.3 Å². The average molecular weight is 441 g/mol. The first kappa shape index (κ1) is 22.9. The van der Waals surface area contributed by atoms with E-state index in [2.05, 4.69) is 10.6 Å². The van der Waals surface area contributed by atoms with Crippen LogP contribution in [0.25, 0.3) is 0 Å². The van der Waals surface area contributed by atoms with E-state index in [1.807, 2.05) is 31.2 Å². The Bertz CT molecular complexity index is 941. The van der Waals surface area contributed by atoms with E-state index in [0.29, 0.717) is 12.1 Å². The van der Waals surface area contributed by atoms with Gasteiger partial charge >= 0.3 is 5.97 Å². The molecule has 2 aromatic carbocycles. The molecule has 0 heterocycles. The summed E-state index contributed by atoms with van der Waals surface area (Å²) in [6.45, 7) is 1.93. The van der Waals surface area contributed by atoms with Crippen LogP contribution in [0.2, 0.25) is 0 Å². The quantitative estimate of drug-likeness (QED) is 0.477. The Morgan fingerprint density at radius 3 is 2.35 bits per heavy atom. The van der Waals surface area contributed by atoms with Gasteiger partial charge in [-0.15, -0.1) is 11.8 Å². The standard InChI is InChI=1S/C24H28N2O4S/c1-2-21(23(28)26-18-11-6-10-17(14-18)24(29)30)31-20-13-7-12-19(15-20)25-22(27)16-8-4-3-5-9-16/h6-7,10-16,21H,2-5,8-9H2,1H3,(H,25,27)(H,26,28)(H,29,30). The minimum absolute atomic E-state index is 0.0740. The third-order valence-corrected chi connectivity index (χ3v) is 6.75. The minimum Gasteiger partial charge on any atom is -0.478 e. The molecule has 3 rings (SSSR count). The van der Waals surface area contributed by atoms with Crippen LogP contribution >= 0.6 is 11.8 Å². The van der Waals surface area contributed by atoms with Crippen LogP contribution in [0.1, 0.15) is 55.8 Å². The normalized spacial score (nSPS) is 15.1. The summed E-state index contributed by atoms with van der Waals surface area (Å²) in [4.78, 5) is 37.3. The highest BCUT2D eigenvalue weighted by atomic mass is 32.2. The molecule has 0 bridgehead atoms. The van der Waals surface area contributed by atoms with E-state index in [1.165, 1.54) is 30.3 Å². The number of carbonyl (C=O) groups excluding carboxylic acids is 2. The molecular formula is C24H28N2O4S. The maximum atomic E-state index is 12.7. The fraction of sp³-hybridized carbons (Fsp3) is 0.375. The molecule has 6 nitrogen and oxygen atoms in total. The molecule has 1 fully saturated rings. The second-order valence-corrected chi connectivity index (χ2v) is 9.02. The lowest BCUT2D eigenvalue weighted by molar-refractivity contribution is -0.120. The number of carboxylic acids is 1. The molecule has 164 valence electrons. The van der Waals surface area contributed by atoms with Crippen molar-refractivity contribution in [3.63, 3.8) is 0 Å². The van der Waals surface area contributed by atoms with Gasteiger partial charge in [-0.1, -0.05) is 38.3 Å². The van der Waals surface area contributed by atoms with Crippen LogP contribution in [0.5, 0.6) is 0 Å². The summed E-state index contributed by atoms with van der Waals surface area (Å²) in [5.74, 6) is -1.07. The lowest BCUT2D eigenvalue weighted by Crippen LogP contribution is -2.25. The van der Waals surface area contributed by atoms with Crippen LogP contribution in [0.15, 0.2) is 53.4 Å². The first-order chi connectivity index (χ1) is 15.0. The zero-order chi connectivity index (χ0) is 22.2. The molecule has 1 unspecified atom stereocenters. The number of aromatic carboxylic acids is 1. The highest BCUT2D eigenvalue weighted by Gasteiger charge is 2.22. The predicted molar refractivity (Wildman–Crippen MR) is 124 cm³/mol. The highest BCUT2D eigenvalue weighted by Crippen LogP contribution is 2.30. The monoisotopic (exact) mass is 440 g/mol. The number of anilines is 2. The smallest absolute Gasteiger partial charge is 0.335 e. The zero-order valence-electron chi connectivity index (χ0n) is 17.6. The van der Waals surface area contributed by atoms with Crippen molar-refractivity contribution in [2.45, 2.75) is 55.6 Å². The van der Waals surface area contributed by atoms with Gasteiger partial charge in [0.05, 0.1) is 10.8 Å². The van der Waals surface area contributed by atoms with Gasteiger partial charge in [0.25, 0.3) is 0 Å². The van der Waals surface area contributed by atoms with Crippen molar-refractivity contribution in [3.05, 3.63) is 54.1 Å². The third kappa shape index (κ3) is 6.59. The molecule has 1 atom stereocenters. The lowest BCUT2D eigenvalue weighted by Gasteiger charge is -2.21. The molecule has 0 spiro atoms. The van der Waals surface area contributed by atoms with E-state index in [1.54, 1.807) is 12.1 Å². The molecule has 31 heavy (non-hydrogen) atoms. The van der Waals surface area contributed by atoms with Crippen LogP contribution in [-0.4, -0.2) is 28.1 Å². The second kappa shape index (κ2) is 11.0. The summed E-state index contributed by atoms with van der Waals surface area (Å²) < 4.78 is 0. The number of amides is 2. The maximum absolute atomic E-state index is 12.7. The lowest BCUT2D eigenvalue weighted by atomic mass is 9.88. The van der Waals surface area contributed by atoms with Crippen molar-refractivity contribution in [3.8, 4) is 0 Å². The Morgan fingerprint density at radius 1 is 1.00 bits per heavy atom. The number of thioether (sulfide) groups is 1. The number of carboxylic acid groups (broad SMARTS) is 1. The third-order valence-electron chi connectivity index (χ3n) is 5.40. The van der Waals surface area contributed by atoms with Crippen molar-refractivity contribution in [2.75, 3.05) is 10.6 Å². The zero-order valence-corrected chi connectivity index (χ0v) is 18.4. The molecule has 2 aromatic rings. The molecule has 1 aliphatic carbocycles. The maximum Gasteiger partial charge on any atom is 0.335 e. The molecule has 3 N–H and O–H groups in total. The first-order valence-corrected chi connectivity index (χ1v) is 11.6. The number of hydrogen-bond acceptors (Lipinski definition) is 4. The molecule has 0 saturated heterocycles. The molecule has 1 saturated carbocycles. The van der Waals surface area contributed by atoms with Crippen LogP contribution in [0.4, 0.5) is 11.4 Å². The second-order valence-electron chi connectivity index (χ2n) is 7.74. The summed E-state index contributed by atoms with van der Waals surface area (Å²) in [5.41, 5.74) is 1.32. The molecule has 0 radical (unpaired) electrons. The molecule has 1 aliphatic rings. The molecule has 0 aromatic heterocycles. The summed E-state index contributed by atoms with van der Waals surface area (Å²) in [6.07, 6.45) is 5.92. The number of benzene rings is 2. The summed E-state index contributed by atoms with van der Waals surface area (Å²) in [6, 6.07) is 13.8. The van der Waals surface area contributed by atoms with Crippen LogP contribution in [0.3, 0.4) is 0 Å². The predicted octanol–water partition coefficient (Wildman–Crippen LogP) is 5.41. The van der Waals surface area contributed by atoms with Crippen molar-refractivity contribution in [2.24, 2.45) is 5.92 Å². The highest BCUT2D eigenvalue weighted by molar-refractivity contribution is 8.00. The van der Waals surface area contributed by atoms with E-state index >= 15 is 0 Å². The van der Waals surface area contributed by atoms with E-state index in [-0.39, 0.29) is 28.5 Å². The minimum atomic E-state index is -1.04. The molecule has 2 amide bonds. The number of hydrogen-bond donors (Lipinski definition) is 3. The van der Waals surface area contributed by atoms with Gasteiger partial charge in [0, 0.05) is 22.2 Å². The SMILES string of the molecule is CCC(Sc1cccc(NC(=O)C2CCCCC2)c1)C(=O)Nc1cccc(C(=O)O)c1. The Hall–Kier alpha value is -2.80. The fourth-order valence-electron chi connectivity index (χ4n) is 3.70. The van der Waals surface area contributed by atoms with Gasteiger partial charge in [-0.05, 0) is 55.7 Å². The van der Waals surface area contributed by atoms with Gasteiger partial charge in [0.15, 0.2) is 0 Å². The number of nitrogens with one attached hydrogen (secondary N) is 2. The number of carbonyl (C=O) groups is 3. The van der Waals surface area contributed by atoms with Gasteiger partial charge in [-0.3, -0.25) is 9.59 Å². The molecular weight excluding hydrogens is 412 g/mol.